The van der Waals surface area contributed by atoms with E-state index < -0.39 is 0 Å². The average molecular weight is 423 g/mol. The first-order chi connectivity index (χ1) is 13.9. The van der Waals surface area contributed by atoms with Gasteiger partial charge < -0.3 is 4.74 Å². The fraction of sp³-hybridized carbons (Fsp3) is 0.600. The second-order valence-electron chi connectivity index (χ2n) is 12.7. The van der Waals surface area contributed by atoms with Gasteiger partial charge in [0, 0.05) is 11.8 Å². The molecule has 0 bridgehead atoms. The SMILES string of the molecule is Cc1ccc(C(C(C)(C)C)C(C)(C)OC(C)(C)C(c2ccc(C)cc2)C(C)(C)C)cc1. The van der Waals surface area contributed by atoms with Crippen molar-refractivity contribution >= 4 is 0 Å². The molecule has 1 heteroatoms. The molecule has 2 aromatic rings. The number of ether oxygens (including phenoxy) is 1. The monoisotopic (exact) mass is 422 g/mol. The minimum absolute atomic E-state index is 0.0654. The van der Waals surface area contributed by atoms with Crippen LogP contribution in [-0.4, -0.2) is 11.2 Å². The van der Waals surface area contributed by atoms with Crippen LogP contribution in [0.4, 0.5) is 0 Å². The van der Waals surface area contributed by atoms with Gasteiger partial charge in [-0.1, -0.05) is 101 Å². The first-order valence-electron chi connectivity index (χ1n) is 11.8. The molecule has 0 N–H and O–H groups in total. The minimum Gasteiger partial charge on any atom is -0.368 e. The van der Waals surface area contributed by atoms with Gasteiger partial charge in [-0.25, -0.2) is 0 Å². The average Bonchev–Trinajstić information content (AvgIpc) is 2.55. The second kappa shape index (κ2) is 8.74. The van der Waals surface area contributed by atoms with Crippen LogP contribution in [0.5, 0.6) is 0 Å². The highest BCUT2D eigenvalue weighted by Crippen LogP contribution is 2.51. The van der Waals surface area contributed by atoms with Crippen molar-refractivity contribution in [3.05, 3.63) is 70.8 Å². The highest BCUT2D eigenvalue weighted by atomic mass is 16.5. The Morgan fingerprint density at radius 2 is 0.742 bits per heavy atom. The normalized spacial score (nSPS) is 15.6. The molecule has 2 rings (SSSR count). The van der Waals surface area contributed by atoms with Crippen molar-refractivity contribution < 1.29 is 4.74 Å². The topological polar surface area (TPSA) is 9.23 Å². The highest BCUT2D eigenvalue weighted by Gasteiger charge is 2.47. The van der Waals surface area contributed by atoms with Crippen molar-refractivity contribution in [1.82, 2.24) is 0 Å². The standard InChI is InChI=1S/C30H46O/c1-21-13-17-23(18-14-21)25(27(3,4)5)29(9,10)31-30(11,12)26(28(6,7)8)24-19-15-22(2)16-20-24/h13-20,25-26H,1-12H3. The molecule has 31 heavy (non-hydrogen) atoms. The van der Waals surface area contributed by atoms with Crippen molar-refractivity contribution in [2.75, 3.05) is 0 Å². The van der Waals surface area contributed by atoms with Crippen LogP contribution in [-0.2, 0) is 4.74 Å². The molecular formula is C30H46O. The molecular weight excluding hydrogens is 376 g/mol. The third-order valence-electron chi connectivity index (χ3n) is 6.47. The molecule has 0 aliphatic rings. The first kappa shape index (κ1) is 25.7. The molecule has 0 saturated carbocycles. The smallest absolute Gasteiger partial charge is 0.0707 e. The molecule has 1 nitrogen and oxygen atoms in total. The van der Waals surface area contributed by atoms with Gasteiger partial charge >= 0.3 is 0 Å². The fourth-order valence-corrected chi connectivity index (χ4v) is 6.20. The number of aryl methyl sites for hydroxylation is 2. The molecule has 0 radical (unpaired) electrons. The van der Waals surface area contributed by atoms with E-state index in [0.717, 1.165) is 0 Å². The lowest BCUT2D eigenvalue weighted by atomic mass is 9.66. The van der Waals surface area contributed by atoms with E-state index in [-0.39, 0.29) is 33.9 Å². The minimum atomic E-state index is -0.342. The molecule has 2 aromatic carbocycles. The van der Waals surface area contributed by atoms with Gasteiger partial charge in [0.15, 0.2) is 0 Å². The largest absolute Gasteiger partial charge is 0.368 e. The summed E-state index contributed by atoms with van der Waals surface area (Å²) in [7, 11) is 0. The number of hydrogen-bond donors (Lipinski definition) is 0. The van der Waals surface area contributed by atoms with Gasteiger partial charge in [0.1, 0.15) is 0 Å². The molecule has 0 heterocycles. The summed E-state index contributed by atoms with van der Waals surface area (Å²) in [4.78, 5) is 0. The van der Waals surface area contributed by atoms with Crippen LogP contribution in [0.3, 0.4) is 0 Å². The van der Waals surface area contributed by atoms with E-state index in [4.69, 9.17) is 4.74 Å². The Morgan fingerprint density at radius 3 is 0.968 bits per heavy atom. The zero-order valence-electron chi connectivity index (χ0n) is 22.2. The van der Waals surface area contributed by atoms with Crippen LogP contribution in [0.25, 0.3) is 0 Å². The number of rotatable bonds is 6. The van der Waals surface area contributed by atoms with Crippen LogP contribution >= 0.6 is 0 Å². The van der Waals surface area contributed by atoms with Gasteiger partial charge in [-0.15, -0.1) is 0 Å². The summed E-state index contributed by atoms with van der Waals surface area (Å²) in [5, 5.41) is 0. The van der Waals surface area contributed by atoms with E-state index in [1.807, 2.05) is 0 Å². The van der Waals surface area contributed by atoms with Gasteiger partial charge in [0.05, 0.1) is 11.2 Å². The zero-order valence-corrected chi connectivity index (χ0v) is 22.2. The molecule has 0 saturated heterocycles. The van der Waals surface area contributed by atoms with Crippen LogP contribution in [0.2, 0.25) is 0 Å². The Kier molecular flexibility index (Phi) is 7.23. The van der Waals surface area contributed by atoms with Crippen molar-refractivity contribution in [2.24, 2.45) is 10.8 Å². The molecule has 2 atom stereocenters. The molecule has 172 valence electrons. The van der Waals surface area contributed by atoms with Crippen LogP contribution in [0.1, 0.15) is 103 Å². The van der Waals surface area contributed by atoms with E-state index in [2.05, 4.69) is 132 Å². The Balaban J connectivity index is 2.50. The molecule has 2 unspecified atom stereocenters. The number of benzene rings is 2. The van der Waals surface area contributed by atoms with Gasteiger partial charge in [0.25, 0.3) is 0 Å². The maximum Gasteiger partial charge on any atom is 0.0707 e. The van der Waals surface area contributed by atoms with E-state index >= 15 is 0 Å². The fourth-order valence-electron chi connectivity index (χ4n) is 6.20. The predicted molar refractivity (Wildman–Crippen MR) is 136 cm³/mol. The van der Waals surface area contributed by atoms with Gasteiger partial charge in [-0.3, -0.25) is 0 Å². The molecule has 0 amide bonds. The first-order valence-corrected chi connectivity index (χ1v) is 11.8. The van der Waals surface area contributed by atoms with Crippen LogP contribution < -0.4 is 0 Å². The Hall–Kier alpha value is -1.60. The lowest BCUT2D eigenvalue weighted by molar-refractivity contribution is -0.170. The van der Waals surface area contributed by atoms with Crippen molar-refractivity contribution in [3.8, 4) is 0 Å². The summed E-state index contributed by atoms with van der Waals surface area (Å²) in [5.41, 5.74) is 4.73. The molecule has 0 aliphatic carbocycles. The van der Waals surface area contributed by atoms with E-state index in [1.54, 1.807) is 0 Å². The maximum atomic E-state index is 7.17. The Morgan fingerprint density at radius 1 is 0.484 bits per heavy atom. The second-order valence-corrected chi connectivity index (χ2v) is 12.7. The Bertz CT molecular complexity index is 766. The molecule has 0 spiro atoms. The van der Waals surface area contributed by atoms with Gasteiger partial charge in [-0.2, -0.15) is 0 Å². The third kappa shape index (κ3) is 6.22. The lowest BCUT2D eigenvalue weighted by Gasteiger charge is -2.51. The molecule has 0 aromatic heterocycles. The summed E-state index contributed by atoms with van der Waals surface area (Å²) in [6, 6.07) is 18.0. The van der Waals surface area contributed by atoms with Crippen molar-refractivity contribution in [2.45, 2.75) is 106 Å². The number of hydrogen-bond acceptors (Lipinski definition) is 1. The van der Waals surface area contributed by atoms with Crippen molar-refractivity contribution in [1.29, 1.82) is 0 Å². The summed E-state index contributed by atoms with van der Waals surface area (Å²) >= 11 is 0. The van der Waals surface area contributed by atoms with Crippen LogP contribution in [0, 0.1) is 24.7 Å². The van der Waals surface area contributed by atoms with E-state index in [1.165, 1.54) is 22.3 Å². The van der Waals surface area contributed by atoms with E-state index in [0.29, 0.717) is 0 Å². The van der Waals surface area contributed by atoms with Crippen LogP contribution in [0.15, 0.2) is 48.5 Å². The zero-order chi connectivity index (χ0) is 23.8. The highest BCUT2D eigenvalue weighted by molar-refractivity contribution is 5.30. The Labute approximate surface area is 192 Å². The summed E-state index contributed by atoms with van der Waals surface area (Å²) in [6.07, 6.45) is 0. The third-order valence-corrected chi connectivity index (χ3v) is 6.47. The summed E-state index contributed by atoms with van der Waals surface area (Å²) in [5.74, 6) is 0.525. The molecule has 0 aliphatic heterocycles. The summed E-state index contributed by atoms with van der Waals surface area (Å²) < 4.78 is 7.17. The van der Waals surface area contributed by atoms with E-state index in [9.17, 15) is 0 Å². The van der Waals surface area contributed by atoms with Gasteiger partial charge in [-0.05, 0) is 63.5 Å². The quantitative estimate of drug-likeness (QED) is 0.452. The summed E-state index contributed by atoms with van der Waals surface area (Å²) in [6.45, 7) is 27.4. The van der Waals surface area contributed by atoms with Crippen molar-refractivity contribution in [3.63, 3.8) is 0 Å². The van der Waals surface area contributed by atoms with Gasteiger partial charge in [0.2, 0.25) is 0 Å². The lowest BCUT2D eigenvalue weighted by Crippen LogP contribution is -2.50. The molecule has 0 fully saturated rings. The maximum absolute atomic E-state index is 7.17. The predicted octanol–water partition coefficient (Wildman–Crippen LogP) is 8.84.